The summed E-state index contributed by atoms with van der Waals surface area (Å²) < 4.78 is 16.6. The van der Waals surface area contributed by atoms with Gasteiger partial charge in [-0.2, -0.15) is 0 Å². The van der Waals surface area contributed by atoms with Crippen LogP contribution < -0.4 is 30.4 Å². The van der Waals surface area contributed by atoms with Crippen molar-refractivity contribution in [1.29, 1.82) is 0 Å². The zero-order chi connectivity index (χ0) is 27.2. The molecule has 0 saturated heterocycles. The summed E-state index contributed by atoms with van der Waals surface area (Å²) in [6.07, 6.45) is 0.886. The van der Waals surface area contributed by atoms with Gasteiger partial charge in [-0.1, -0.05) is 13.8 Å². The van der Waals surface area contributed by atoms with Crippen LogP contribution in [0.3, 0.4) is 0 Å². The summed E-state index contributed by atoms with van der Waals surface area (Å²) in [5.41, 5.74) is 1.57. The van der Waals surface area contributed by atoms with Gasteiger partial charge in [0.25, 0.3) is 5.56 Å². The van der Waals surface area contributed by atoms with Crippen LogP contribution in [0, 0.1) is 12.8 Å². The SMILES string of the molecule is COc1cc2nc(Nc3nc4ccc(OCCNC(CO)CC(C)C)cc4c(=O)[nH]3)nc(C)c2cc1OC. The summed E-state index contributed by atoms with van der Waals surface area (Å²) >= 11 is 0. The molecule has 0 amide bonds. The number of aliphatic hydroxyl groups is 1. The molecule has 11 heteroatoms. The van der Waals surface area contributed by atoms with Crippen LogP contribution in [0.5, 0.6) is 17.2 Å². The van der Waals surface area contributed by atoms with E-state index >= 15 is 0 Å². The molecule has 0 aliphatic heterocycles. The molecule has 0 radical (unpaired) electrons. The number of anilines is 2. The van der Waals surface area contributed by atoms with Gasteiger partial charge in [0.1, 0.15) is 12.4 Å². The monoisotopic (exact) mass is 522 g/mol. The number of hydrogen-bond donors (Lipinski definition) is 4. The fraction of sp³-hybridized carbons (Fsp3) is 0.407. The highest BCUT2D eigenvalue weighted by molar-refractivity contribution is 5.86. The Hall–Kier alpha value is -3.96. The van der Waals surface area contributed by atoms with E-state index in [1.54, 1.807) is 38.5 Å². The van der Waals surface area contributed by atoms with Crippen LogP contribution in [-0.2, 0) is 0 Å². The molecule has 0 saturated carbocycles. The summed E-state index contributed by atoms with van der Waals surface area (Å²) in [6.45, 7) is 7.17. The second kappa shape index (κ2) is 12.1. The van der Waals surface area contributed by atoms with Crippen molar-refractivity contribution >= 4 is 33.7 Å². The summed E-state index contributed by atoms with van der Waals surface area (Å²) in [7, 11) is 3.14. The Morgan fingerprint density at radius 2 is 1.76 bits per heavy atom. The minimum absolute atomic E-state index is 0.0356. The molecule has 0 aliphatic carbocycles. The Morgan fingerprint density at radius 1 is 1.00 bits per heavy atom. The average Bonchev–Trinajstić information content (AvgIpc) is 2.89. The number of aliphatic hydroxyl groups excluding tert-OH is 1. The molecule has 38 heavy (non-hydrogen) atoms. The zero-order valence-electron chi connectivity index (χ0n) is 22.3. The van der Waals surface area contributed by atoms with E-state index in [0.717, 1.165) is 17.5 Å². The number of nitrogens with one attached hydrogen (secondary N) is 3. The number of aryl methyl sites for hydroxylation is 1. The first-order valence-electron chi connectivity index (χ1n) is 12.5. The Balaban J connectivity index is 1.48. The van der Waals surface area contributed by atoms with Gasteiger partial charge in [0.15, 0.2) is 11.5 Å². The highest BCUT2D eigenvalue weighted by Crippen LogP contribution is 2.33. The minimum atomic E-state index is -0.317. The number of H-pyrrole nitrogens is 1. The van der Waals surface area contributed by atoms with E-state index in [-0.39, 0.29) is 30.1 Å². The molecule has 11 nitrogen and oxygen atoms in total. The van der Waals surface area contributed by atoms with Crippen molar-refractivity contribution in [1.82, 2.24) is 25.3 Å². The molecule has 4 aromatic rings. The van der Waals surface area contributed by atoms with Gasteiger partial charge in [-0.05, 0) is 43.5 Å². The summed E-state index contributed by atoms with van der Waals surface area (Å²) in [6, 6.07) is 8.81. The molecule has 1 unspecified atom stereocenters. The lowest BCUT2D eigenvalue weighted by atomic mass is 10.0. The zero-order valence-corrected chi connectivity index (χ0v) is 22.3. The predicted octanol–water partition coefficient (Wildman–Crippen LogP) is 3.31. The van der Waals surface area contributed by atoms with Crippen molar-refractivity contribution in [3.05, 3.63) is 46.4 Å². The van der Waals surface area contributed by atoms with Gasteiger partial charge < -0.3 is 24.6 Å². The Kier molecular flexibility index (Phi) is 8.59. The second-order valence-electron chi connectivity index (χ2n) is 9.39. The molecule has 2 heterocycles. The third-order valence-electron chi connectivity index (χ3n) is 6.08. The number of rotatable bonds is 12. The molecule has 0 spiro atoms. The van der Waals surface area contributed by atoms with E-state index < -0.39 is 0 Å². The molecule has 0 aliphatic rings. The van der Waals surface area contributed by atoms with Gasteiger partial charge in [0.05, 0.1) is 42.9 Å². The minimum Gasteiger partial charge on any atom is -0.493 e. The maximum Gasteiger partial charge on any atom is 0.260 e. The normalized spacial score (nSPS) is 12.2. The fourth-order valence-electron chi connectivity index (χ4n) is 4.26. The highest BCUT2D eigenvalue weighted by Gasteiger charge is 2.13. The number of hydrogen-bond acceptors (Lipinski definition) is 10. The number of nitrogens with zero attached hydrogens (tertiary/aromatic N) is 3. The third-order valence-corrected chi connectivity index (χ3v) is 6.08. The highest BCUT2D eigenvalue weighted by atomic mass is 16.5. The van der Waals surface area contributed by atoms with E-state index in [4.69, 9.17) is 14.2 Å². The molecule has 2 aromatic carbocycles. The summed E-state index contributed by atoms with van der Waals surface area (Å²) in [4.78, 5) is 29.2. The van der Waals surface area contributed by atoms with Crippen LogP contribution in [0.15, 0.2) is 35.1 Å². The second-order valence-corrected chi connectivity index (χ2v) is 9.39. The first kappa shape index (κ1) is 27.1. The molecule has 2 aromatic heterocycles. The van der Waals surface area contributed by atoms with Gasteiger partial charge in [-0.3, -0.25) is 15.1 Å². The van der Waals surface area contributed by atoms with Gasteiger partial charge in [0.2, 0.25) is 11.9 Å². The van der Waals surface area contributed by atoms with E-state index in [1.807, 2.05) is 13.0 Å². The molecular weight excluding hydrogens is 488 g/mol. The molecule has 1 atom stereocenters. The number of fused-ring (bicyclic) bond motifs is 2. The largest absolute Gasteiger partial charge is 0.493 e. The Morgan fingerprint density at radius 3 is 2.47 bits per heavy atom. The molecule has 4 rings (SSSR count). The van der Waals surface area contributed by atoms with Crippen molar-refractivity contribution in [2.45, 2.75) is 33.2 Å². The van der Waals surface area contributed by atoms with E-state index in [0.29, 0.717) is 52.7 Å². The number of ether oxygens (including phenoxy) is 3. The lowest BCUT2D eigenvalue weighted by Gasteiger charge is -2.18. The van der Waals surface area contributed by atoms with Crippen LogP contribution >= 0.6 is 0 Å². The van der Waals surface area contributed by atoms with Gasteiger partial charge >= 0.3 is 0 Å². The van der Waals surface area contributed by atoms with Gasteiger partial charge in [0, 0.05) is 24.0 Å². The molecule has 202 valence electrons. The number of benzene rings is 2. The van der Waals surface area contributed by atoms with Crippen LogP contribution in [0.1, 0.15) is 26.0 Å². The first-order valence-corrected chi connectivity index (χ1v) is 12.5. The summed E-state index contributed by atoms with van der Waals surface area (Å²) in [5.74, 6) is 2.71. The van der Waals surface area contributed by atoms with Crippen molar-refractivity contribution < 1.29 is 19.3 Å². The molecular formula is C27H34N6O5. The van der Waals surface area contributed by atoms with Crippen molar-refractivity contribution in [3.63, 3.8) is 0 Å². The smallest absolute Gasteiger partial charge is 0.260 e. The predicted molar refractivity (Wildman–Crippen MR) is 147 cm³/mol. The lowest BCUT2D eigenvalue weighted by molar-refractivity contribution is 0.214. The fourth-order valence-corrected chi connectivity index (χ4v) is 4.26. The maximum atomic E-state index is 12.8. The Bertz CT molecular complexity index is 1470. The lowest BCUT2D eigenvalue weighted by Crippen LogP contribution is -2.36. The van der Waals surface area contributed by atoms with Crippen LogP contribution in [0.2, 0.25) is 0 Å². The van der Waals surface area contributed by atoms with E-state index in [9.17, 15) is 9.90 Å². The summed E-state index contributed by atoms with van der Waals surface area (Å²) in [5, 5.41) is 17.0. The number of methoxy groups -OCH3 is 2. The van der Waals surface area contributed by atoms with Crippen molar-refractivity contribution in [3.8, 4) is 17.2 Å². The topological polar surface area (TPSA) is 144 Å². The maximum absolute atomic E-state index is 12.8. The van der Waals surface area contributed by atoms with E-state index in [2.05, 4.69) is 44.4 Å². The third kappa shape index (κ3) is 6.29. The van der Waals surface area contributed by atoms with Gasteiger partial charge in [-0.15, -0.1) is 0 Å². The molecule has 0 fully saturated rings. The van der Waals surface area contributed by atoms with Crippen LogP contribution in [0.25, 0.3) is 21.8 Å². The van der Waals surface area contributed by atoms with Gasteiger partial charge in [-0.25, -0.2) is 15.0 Å². The van der Waals surface area contributed by atoms with Crippen LogP contribution in [0.4, 0.5) is 11.9 Å². The number of aromatic nitrogens is 4. The molecule has 4 N–H and O–H groups in total. The van der Waals surface area contributed by atoms with Crippen molar-refractivity contribution in [2.75, 3.05) is 39.3 Å². The quantitative estimate of drug-likeness (QED) is 0.205. The standard InChI is InChI=1S/C27H34N6O5/c1-15(2)10-17(14-34)28-8-9-38-18-6-7-21-20(11-18)25(35)32-27(30-21)33-26-29-16(3)19-12-23(36-4)24(37-5)13-22(19)31-26/h6-7,11-13,15,17,28,34H,8-10,14H2,1-5H3,(H2,29,30,31,32,33,35). The van der Waals surface area contributed by atoms with E-state index in [1.165, 1.54) is 0 Å². The van der Waals surface area contributed by atoms with Crippen LogP contribution in [-0.4, -0.2) is 65.1 Å². The number of aromatic amines is 1. The Labute approximate surface area is 220 Å². The van der Waals surface area contributed by atoms with Crippen molar-refractivity contribution in [2.24, 2.45) is 5.92 Å². The average molecular weight is 523 g/mol. The molecule has 0 bridgehead atoms. The first-order chi connectivity index (χ1) is 18.3.